The second-order valence-corrected chi connectivity index (χ2v) is 2.36. The summed E-state index contributed by atoms with van der Waals surface area (Å²) in [4.78, 5) is 8.40. The maximum atomic E-state index is 4.21. The van der Waals surface area contributed by atoms with Crippen LogP contribution in [0.5, 0.6) is 0 Å². The van der Waals surface area contributed by atoms with Crippen molar-refractivity contribution in [3.8, 4) is 0 Å². The Morgan fingerprint density at radius 2 is 2.15 bits per heavy atom. The molecular weight excluding hydrogens is 160 g/mol. The lowest BCUT2D eigenvalue weighted by atomic mass is 10.3. The van der Waals surface area contributed by atoms with E-state index in [-0.39, 0.29) is 0 Å². The van der Waals surface area contributed by atoms with Crippen molar-refractivity contribution < 1.29 is 0 Å². The van der Waals surface area contributed by atoms with E-state index in [1.54, 1.807) is 6.20 Å². The van der Waals surface area contributed by atoms with Gasteiger partial charge >= 0.3 is 0 Å². The largest absolute Gasteiger partial charge is 0.255 e. The molecule has 0 N–H and O–H groups in total. The molecule has 0 bridgehead atoms. The third kappa shape index (κ3) is 2.51. The Labute approximate surface area is 78.4 Å². The molecule has 2 nitrogen and oxygen atoms in total. The molecule has 0 fully saturated rings. The van der Waals surface area contributed by atoms with Crippen LogP contribution in [0.2, 0.25) is 0 Å². The van der Waals surface area contributed by atoms with Crippen LogP contribution in [0, 0.1) is 0 Å². The molecule has 1 aromatic rings. The standard InChI is InChI=1S/C9H8N2.C2H6/c1-2-6-10-9-5-3-7-11-8(9)4-1;1-2/h2-7H,1H2;1-2H3. The van der Waals surface area contributed by atoms with Crippen LogP contribution in [-0.2, 0) is 0 Å². The summed E-state index contributed by atoms with van der Waals surface area (Å²) in [5, 5.41) is 1.94. The van der Waals surface area contributed by atoms with Gasteiger partial charge in [-0.3, -0.25) is 9.98 Å². The van der Waals surface area contributed by atoms with Crippen molar-refractivity contribution in [3.05, 3.63) is 41.3 Å². The van der Waals surface area contributed by atoms with Crippen molar-refractivity contribution in [1.29, 1.82) is 0 Å². The fourth-order valence-corrected chi connectivity index (χ4v) is 1.05. The molecule has 0 spiro atoms. The van der Waals surface area contributed by atoms with Crippen LogP contribution in [0.1, 0.15) is 20.3 Å². The van der Waals surface area contributed by atoms with E-state index in [0.717, 1.165) is 17.1 Å². The Hall–Kier alpha value is -1.44. The maximum absolute atomic E-state index is 4.21. The molecule has 13 heavy (non-hydrogen) atoms. The minimum Gasteiger partial charge on any atom is -0.255 e. The minimum atomic E-state index is 0.924. The first kappa shape index (κ1) is 9.65. The fourth-order valence-electron chi connectivity index (χ4n) is 1.05. The minimum absolute atomic E-state index is 0.924. The monoisotopic (exact) mass is 174 g/mol. The number of aromatic nitrogens is 1. The molecule has 2 heteroatoms. The maximum Gasteiger partial charge on any atom is 0.0883 e. The summed E-state index contributed by atoms with van der Waals surface area (Å²) >= 11 is 0. The topological polar surface area (TPSA) is 25.2 Å². The zero-order valence-electron chi connectivity index (χ0n) is 8.07. The van der Waals surface area contributed by atoms with Gasteiger partial charge in [0.2, 0.25) is 0 Å². The Morgan fingerprint density at radius 3 is 3.00 bits per heavy atom. The molecule has 0 saturated heterocycles. The highest BCUT2D eigenvalue weighted by Gasteiger charge is 1.87. The number of allylic oxidation sites excluding steroid dienone is 1. The summed E-state index contributed by atoms with van der Waals surface area (Å²) in [5.74, 6) is 0. The van der Waals surface area contributed by atoms with Gasteiger partial charge in [0.25, 0.3) is 0 Å². The summed E-state index contributed by atoms with van der Waals surface area (Å²) in [5.41, 5.74) is 0. The summed E-state index contributed by atoms with van der Waals surface area (Å²) in [6.07, 6.45) is 8.62. The van der Waals surface area contributed by atoms with Crippen LogP contribution in [0.4, 0.5) is 0 Å². The van der Waals surface area contributed by atoms with Crippen molar-refractivity contribution in [2.24, 2.45) is 4.99 Å². The predicted molar refractivity (Wildman–Crippen MR) is 54.6 cm³/mol. The molecule has 0 atom stereocenters. The van der Waals surface area contributed by atoms with Crippen molar-refractivity contribution in [2.75, 3.05) is 0 Å². The Balaban J connectivity index is 0.000000396. The van der Waals surface area contributed by atoms with E-state index in [1.807, 2.05) is 38.3 Å². The van der Waals surface area contributed by atoms with Crippen molar-refractivity contribution in [3.63, 3.8) is 0 Å². The second kappa shape index (κ2) is 5.25. The number of hydrogen-bond acceptors (Lipinski definition) is 2. The molecule has 0 saturated carbocycles. The first-order chi connectivity index (χ1) is 6.47. The number of fused-ring (bicyclic) bond motifs is 1. The van der Waals surface area contributed by atoms with Gasteiger partial charge in [-0.05, 0) is 18.6 Å². The van der Waals surface area contributed by atoms with Gasteiger partial charge in [-0.2, -0.15) is 0 Å². The smallest absolute Gasteiger partial charge is 0.0883 e. The van der Waals surface area contributed by atoms with Crippen LogP contribution in [0.15, 0.2) is 35.6 Å². The molecule has 1 aliphatic rings. The zero-order valence-corrected chi connectivity index (χ0v) is 8.07. The SMILES string of the molecule is C1=CN=c2cccnc2=CC1.CC. The Bertz CT molecular complexity index is 391. The van der Waals surface area contributed by atoms with E-state index in [4.69, 9.17) is 0 Å². The van der Waals surface area contributed by atoms with Gasteiger partial charge in [-0.1, -0.05) is 26.0 Å². The van der Waals surface area contributed by atoms with Crippen LogP contribution in [0.25, 0.3) is 6.08 Å². The van der Waals surface area contributed by atoms with E-state index in [2.05, 4.69) is 16.1 Å². The predicted octanol–water partition coefficient (Wildman–Crippen LogP) is 1.43. The summed E-state index contributed by atoms with van der Waals surface area (Å²) in [7, 11) is 0. The number of rotatable bonds is 0. The van der Waals surface area contributed by atoms with Crippen molar-refractivity contribution in [1.82, 2.24) is 4.98 Å². The van der Waals surface area contributed by atoms with Crippen molar-refractivity contribution >= 4 is 6.08 Å². The van der Waals surface area contributed by atoms with Crippen LogP contribution < -0.4 is 10.7 Å². The molecular formula is C11H14N2. The molecule has 68 valence electrons. The van der Waals surface area contributed by atoms with Gasteiger partial charge in [-0.25, -0.2) is 0 Å². The quantitative estimate of drug-likeness (QED) is 0.584. The molecule has 2 heterocycles. The van der Waals surface area contributed by atoms with Crippen molar-refractivity contribution in [2.45, 2.75) is 20.3 Å². The highest BCUT2D eigenvalue weighted by Crippen LogP contribution is 1.86. The van der Waals surface area contributed by atoms with Gasteiger partial charge in [-0.15, -0.1) is 0 Å². The molecule has 1 aliphatic heterocycles. The van der Waals surface area contributed by atoms with Gasteiger partial charge in [0, 0.05) is 12.4 Å². The van der Waals surface area contributed by atoms with Crippen LogP contribution >= 0.6 is 0 Å². The molecule has 0 aliphatic carbocycles. The zero-order chi connectivity index (χ0) is 9.52. The summed E-state index contributed by atoms with van der Waals surface area (Å²) in [6.45, 7) is 4.00. The van der Waals surface area contributed by atoms with E-state index in [0.29, 0.717) is 0 Å². The molecule has 0 unspecified atom stereocenters. The summed E-state index contributed by atoms with van der Waals surface area (Å²) < 4.78 is 0. The Kier molecular flexibility index (Phi) is 3.89. The third-order valence-electron chi connectivity index (χ3n) is 1.58. The first-order valence-electron chi connectivity index (χ1n) is 4.61. The lowest BCUT2D eigenvalue weighted by Gasteiger charge is -1.83. The highest BCUT2D eigenvalue weighted by atomic mass is 14.7. The molecule has 1 aromatic heterocycles. The van der Waals surface area contributed by atoms with Gasteiger partial charge < -0.3 is 0 Å². The van der Waals surface area contributed by atoms with E-state index in [9.17, 15) is 0 Å². The number of pyridine rings is 1. The normalized spacial score (nSPS) is 12.5. The third-order valence-corrected chi connectivity index (χ3v) is 1.58. The molecule has 2 rings (SSSR count). The fraction of sp³-hybridized carbons (Fsp3) is 0.273. The lowest BCUT2D eigenvalue weighted by molar-refractivity contribution is 1.16. The van der Waals surface area contributed by atoms with Gasteiger partial charge in [0.1, 0.15) is 0 Å². The number of nitrogens with zero attached hydrogens (tertiary/aromatic N) is 2. The van der Waals surface area contributed by atoms with Gasteiger partial charge in [0.15, 0.2) is 0 Å². The van der Waals surface area contributed by atoms with E-state index < -0.39 is 0 Å². The second-order valence-electron chi connectivity index (χ2n) is 2.36. The average Bonchev–Trinajstić information content (AvgIpc) is 2.45. The van der Waals surface area contributed by atoms with E-state index >= 15 is 0 Å². The Morgan fingerprint density at radius 1 is 1.31 bits per heavy atom. The van der Waals surface area contributed by atoms with E-state index in [1.165, 1.54) is 0 Å². The lowest BCUT2D eigenvalue weighted by Crippen LogP contribution is -2.26. The van der Waals surface area contributed by atoms with Gasteiger partial charge in [0.05, 0.1) is 10.7 Å². The van der Waals surface area contributed by atoms with Crippen LogP contribution in [-0.4, -0.2) is 4.98 Å². The average molecular weight is 174 g/mol. The molecule has 0 amide bonds. The van der Waals surface area contributed by atoms with Crippen LogP contribution in [0.3, 0.4) is 0 Å². The summed E-state index contributed by atoms with van der Waals surface area (Å²) in [6, 6.07) is 3.86. The number of hydrogen-bond donors (Lipinski definition) is 0. The molecule has 0 radical (unpaired) electrons. The first-order valence-corrected chi connectivity index (χ1v) is 4.61. The molecule has 0 aromatic carbocycles. The highest BCUT2D eigenvalue weighted by molar-refractivity contribution is 5.23.